The molecule has 31 heavy (non-hydrogen) atoms. The minimum absolute atomic E-state index is 0.102. The quantitative estimate of drug-likeness (QED) is 0.594. The van der Waals surface area contributed by atoms with E-state index in [2.05, 4.69) is 20.7 Å². The number of esters is 1. The Bertz CT molecular complexity index is 1140. The number of hydrogen-bond acceptors (Lipinski definition) is 6. The second-order valence-corrected chi connectivity index (χ2v) is 7.12. The summed E-state index contributed by atoms with van der Waals surface area (Å²) in [5, 5.41) is 9.82. The molecule has 0 aliphatic carbocycles. The summed E-state index contributed by atoms with van der Waals surface area (Å²) in [6.07, 6.45) is -0.102. The first kappa shape index (κ1) is 20.3. The van der Waals surface area contributed by atoms with Crippen molar-refractivity contribution in [1.29, 1.82) is 0 Å². The van der Waals surface area contributed by atoms with Crippen LogP contribution in [0.5, 0.6) is 0 Å². The average molecular weight is 419 g/mol. The number of carbonyl (C=O) groups is 3. The number of hydrogen-bond donors (Lipinski definition) is 2. The fraction of sp³-hybridized carbons (Fsp3) is 0.227. The van der Waals surface area contributed by atoms with Crippen LogP contribution >= 0.6 is 0 Å². The lowest BCUT2D eigenvalue weighted by Crippen LogP contribution is -2.23. The summed E-state index contributed by atoms with van der Waals surface area (Å²) in [5.41, 5.74) is 2.85. The minimum Gasteiger partial charge on any atom is -0.462 e. The summed E-state index contributed by atoms with van der Waals surface area (Å²) in [7, 11) is 0. The van der Waals surface area contributed by atoms with Crippen LogP contribution in [0, 0.1) is 6.92 Å². The van der Waals surface area contributed by atoms with Gasteiger partial charge in [-0.2, -0.15) is 4.98 Å². The Balaban J connectivity index is 1.44. The molecule has 0 saturated carbocycles. The van der Waals surface area contributed by atoms with Crippen molar-refractivity contribution in [2.45, 2.75) is 26.3 Å². The third-order valence-corrected chi connectivity index (χ3v) is 4.83. The number of nitrogens with zero attached hydrogens (tertiary/aromatic N) is 3. The van der Waals surface area contributed by atoms with Gasteiger partial charge < -0.3 is 10.1 Å². The van der Waals surface area contributed by atoms with E-state index in [1.807, 2.05) is 31.2 Å². The second kappa shape index (κ2) is 8.39. The zero-order valence-corrected chi connectivity index (χ0v) is 17.1. The Morgan fingerprint density at radius 2 is 1.84 bits per heavy atom. The molecule has 0 saturated heterocycles. The number of carbonyl (C=O) groups excluding carboxylic acids is 3. The van der Waals surface area contributed by atoms with E-state index in [-0.39, 0.29) is 24.8 Å². The fourth-order valence-corrected chi connectivity index (χ4v) is 3.23. The molecule has 0 radical (unpaired) electrons. The van der Waals surface area contributed by atoms with Gasteiger partial charge in [0.05, 0.1) is 18.6 Å². The number of ether oxygens (including phenoxy) is 1. The summed E-state index contributed by atoms with van der Waals surface area (Å²) in [4.78, 5) is 40.9. The van der Waals surface area contributed by atoms with E-state index in [9.17, 15) is 14.4 Å². The summed E-state index contributed by atoms with van der Waals surface area (Å²) < 4.78 is 6.38. The first-order valence-corrected chi connectivity index (χ1v) is 9.86. The van der Waals surface area contributed by atoms with Crippen LogP contribution in [0.4, 0.5) is 11.6 Å². The first-order chi connectivity index (χ1) is 14.9. The molecule has 1 aliphatic rings. The Morgan fingerprint density at radius 1 is 1.13 bits per heavy atom. The van der Waals surface area contributed by atoms with E-state index in [4.69, 9.17) is 4.74 Å². The lowest BCUT2D eigenvalue weighted by Gasteiger charge is -2.10. The van der Waals surface area contributed by atoms with Gasteiger partial charge in [0.25, 0.3) is 5.91 Å². The Kier molecular flexibility index (Phi) is 5.48. The highest BCUT2D eigenvalue weighted by Gasteiger charge is 2.35. The molecule has 2 amide bonds. The molecule has 9 nitrogen and oxygen atoms in total. The van der Waals surface area contributed by atoms with Crippen LogP contribution in [0.3, 0.4) is 0 Å². The van der Waals surface area contributed by atoms with E-state index in [1.165, 1.54) is 4.68 Å². The van der Waals surface area contributed by atoms with Crippen molar-refractivity contribution >= 4 is 29.4 Å². The van der Waals surface area contributed by atoms with E-state index < -0.39 is 12.0 Å². The van der Waals surface area contributed by atoms with Crippen LogP contribution in [0.2, 0.25) is 0 Å². The van der Waals surface area contributed by atoms with Crippen LogP contribution in [0.1, 0.15) is 35.3 Å². The molecule has 158 valence electrons. The van der Waals surface area contributed by atoms with Gasteiger partial charge in [0, 0.05) is 11.3 Å². The van der Waals surface area contributed by atoms with Gasteiger partial charge in [-0.05, 0) is 38.1 Å². The smallest absolute Gasteiger partial charge is 0.338 e. The third-order valence-electron chi connectivity index (χ3n) is 4.83. The molecule has 4 rings (SSSR count). The Hall–Kier alpha value is -4.01. The topological polar surface area (TPSA) is 115 Å². The SMILES string of the molecule is CCOC(=O)c1ccc(NC(=O)C[C@@H]2C(=O)Nc3nc(-c4ccc(C)cc4)nn32)cc1. The molecule has 1 atom stereocenters. The molecule has 1 aliphatic heterocycles. The summed E-state index contributed by atoms with van der Waals surface area (Å²) >= 11 is 0. The fourth-order valence-electron chi connectivity index (χ4n) is 3.23. The van der Waals surface area contributed by atoms with E-state index in [0.29, 0.717) is 23.0 Å². The van der Waals surface area contributed by atoms with Crippen molar-refractivity contribution in [3.05, 3.63) is 59.7 Å². The highest BCUT2D eigenvalue weighted by molar-refractivity contribution is 6.01. The number of fused-ring (bicyclic) bond motifs is 1. The van der Waals surface area contributed by atoms with Gasteiger partial charge in [0.15, 0.2) is 5.82 Å². The Morgan fingerprint density at radius 3 is 2.52 bits per heavy atom. The molecular weight excluding hydrogens is 398 g/mol. The van der Waals surface area contributed by atoms with E-state index in [0.717, 1.165) is 11.1 Å². The molecule has 2 heterocycles. The number of rotatable bonds is 6. The molecule has 1 aromatic heterocycles. The van der Waals surface area contributed by atoms with Gasteiger partial charge in [0.1, 0.15) is 6.04 Å². The average Bonchev–Trinajstić information content (AvgIpc) is 3.28. The summed E-state index contributed by atoms with van der Waals surface area (Å²) in [6.45, 7) is 4.01. The maximum absolute atomic E-state index is 12.5. The van der Waals surface area contributed by atoms with E-state index >= 15 is 0 Å². The predicted octanol–water partition coefficient (Wildman–Crippen LogP) is 2.95. The molecule has 2 N–H and O–H groups in total. The van der Waals surface area contributed by atoms with Crippen LogP contribution < -0.4 is 10.6 Å². The lowest BCUT2D eigenvalue weighted by molar-refractivity contribution is -0.123. The molecule has 3 aromatic rings. The van der Waals surface area contributed by atoms with Gasteiger partial charge >= 0.3 is 5.97 Å². The zero-order valence-electron chi connectivity index (χ0n) is 17.1. The molecule has 2 aromatic carbocycles. The number of aryl methyl sites for hydroxylation is 1. The van der Waals surface area contributed by atoms with Crippen LogP contribution in [0.15, 0.2) is 48.5 Å². The van der Waals surface area contributed by atoms with Gasteiger partial charge in [-0.15, -0.1) is 5.10 Å². The maximum atomic E-state index is 12.5. The zero-order chi connectivity index (χ0) is 22.0. The highest BCUT2D eigenvalue weighted by atomic mass is 16.5. The number of anilines is 2. The van der Waals surface area contributed by atoms with Gasteiger partial charge in [-0.25, -0.2) is 9.48 Å². The van der Waals surface area contributed by atoms with Crippen LogP contribution in [-0.2, 0) is 14.3 Å². The largest absolute Gasteiger partial charge is 0.462 e. The van der Waals surface area contributed by atoms with Crippen LogP contribution in [0.25, 0.3) is 11.4 Å². The predicted molar refractivity (Wildman–Crippen MR) is 114 cm³/mol. The number of nitrogens with one attached hydrogen (secondary N) is 2. The lowest BCUT2D eigenvalue weighted by atomic mass is 10.1. The standard InChI is InChI=1S/C22H21N5O4/c1-3-31-21(30)15-8-10-16(11-9-15)23-18(28)12-17-20(29)25-22-24-19(26-27(17)22)14-6-4-13(2)5-7-14/h4-11,17H,3,12H2,1-2H3,(H,23,28)(H,24,25,26,29)/t17-/m1/s1. The first-order valence-electron chi connectivity index (χ1n) is 9.86. The molecule has 0 fully saturated rings. The van der Waals surface area contributed by atoms with Crippen molar-refractivity contribution < 1.29 is 19.1 Å². The number of aromatic nitrogens is 3. The van der Waals surface area contributed by atoms with Crippen molar-refractivity contribution in [3.8, 4) is 11.4 Å². The summed E-state index contributed by atoms with van der Waals surface area (Å²) in [5.74, 6) is -0.319. The molecular formula is C22H21N5O4. The normalized spacial score (nSPS) is 14.6. The van der Waals surface area contributed by atoms with E-state index in [1.54, 1.807) is 31.2 Å². The Labute approximate surface area is 178 Å². The maximum Gasteiger partial charge on any atom is 0.338 e. The minimum atomic E-state index is -0.791. The molecule has 0 unspecified atom stereocenters. The van der Waals surface area contributed by atoms with Crippen LogP contribution in [-0.4, -0.2) is 39.2 Å². The van der Waals surface area contributed by atoms with Gasteiger partial charge in [-0.1, -0.05) is 29.8 Å². The van der Waals surface area contributed by atoms with Crippen molar-refractivity contribution in [3.63, 3.8) is 0 Å². The number of benzene rings is 2. The van der Waals surface area contributed by atoms with Crippen molar-refractivity contribution in [2.75, 3.05) is 17.2 Å². The number of amides is 2. The van der Waals surface area contributed by atoms with Crippen molar-refractivity contribution in [2.24, 2.45) is 0 Å². The third kappa shape index (κ3) is 4.30. The van der Waals surface area contributed by atoms with Gasteiger partial charge in [-0.3, -0.25) is 14.9 Å². The molecule has 0 spiro atoms. The monoisotopic (exact) mass is 419 g/mol. The van der Waals surface area contributed by atoms with Crippen molar-refractivity contribution in [1.82, 2.24) is 14.8 Å². The van der Waals surface area contributed by atoms with Gasteiger partial charge in [0.2, 0.25) is 11.9 Å². The molecule has 0 bridgehead atoms. The molecule has 9 heteroatoms. The second-order valence-electron chi connectivity index (χ2n) is 7.12. The highest BCUT2D eigenvalue weighted by Crippen LogP contribution is 2.28. The summed E-state index contributed by atoms with van der Waals surface area (Å²) in [6, 6.07) is 13.3.